The van der Waals surface area contributed by atoms with E-state index in [1.54, 1.807) is 0 Å². The largest absolute Gasteiger partial charge is 0.362 e. The summed E-state index contributed by atoms with van der Waals surface area (Å²) in [6.45, 7) is 2.39. The highest BCUT2D eigenvalue weighted by atomic mass is 16.1. The fourth-order valence-electron chi connectivity index (χ4n) is 7.24. The van der Waals surface area contributed by atoms with E-state index in [2.05, 4.69) is 12.1 Å². The summed E-state index contributed by atoms with van der Waals surface area (Å²) in [4.78, 5) is 12.8. The zero-order valence-corrected chi connectivity index (χ0v) is 21.6. The Balaban J connectivity index is 1.37. The molecule has 1 amide bonds. The first-order valence-electron chi connectivity index (χ1n) is 15.0. The average molecular weight is 441 g/mol. The summed E-state index contributed by atoms with van der Waals surface area (Å²) in [7, 11) is 2.18. The van der Waals surface area contributed by atoms with E-state index in [4.69, 9.17) is 0 Å². The number of amides is 1. The van der Waals surface area contributed by atoms with Crippen LogP contribution >= 0.6 is 0 Å². The normalized spacial score (nSPS) is 32.4. The summed E-state index contributed by atoms with van der Waals surface area (Å²) < 4.78 is 0. The van der Waals surface area contributed by atoms with E-state index in [0.717, 1.165) is 24.9 Å². The molecule has 0 saturated heterocycles. The monoisotopic (exact) mass is 441 g/mol. The van der Waals surface area contributed by atoms with Crippen molar-refractivity contribution < 1.29 is 4.79 Å². The van der Waals surface area contributed by atoms with Gasteiger partial charge >= 0.3 is 0 Å². The number of rotatable bonds is 5. The van der Waals surface area contributed by atoms with Crippen LogP contribution in [0.3, 0.4) is 0 Å². The van der Waals surface area contributed by atoms with E-state index in [0.29, 0.717) is 17.7 Å². The molecular formula is C28H53B2NO. The number of nitrogens with one attached hydrogen (secondary N) is 1. The molecule has 3 aliphatic carbocycles. The SMILES string of the molecule is CBC1CCCCCC(C2CCC(NC(=O)BC3CCCCCCCCC3)CC2)CCC1. The van der Waals surface area contributed by atoms with E-state index < -0.39 is 0 Å². The molecule has 4 heteroatoms. The highest BCUT2D eigenvalue weighted by Crippen LogP contribution is 2.38. The van der Waals surface area contributed by atoms with Crippen molar-refractivity contribution in [1.29, 1.82) is 0 Å². The third-order valence-electron chi connectivity index (χ3n) is 9.45. The van der Waals surface area contributed by atoms with Crippen molar-refractivity contribution in [3.05, 3.63) is 0 Å². The molecule has 2 nitrogen and oxygen atoms in total. The topological polar surface area (TPSA) is 29.1 Å². The van der Waals surface area contributed by atoms with Gasteiger partial charge in [-0.05, 0) is 37.5 Å². The molecule has 32 heavy (non-hydrogen) atoms. The molecule has 0 aromatic rings. The maximum Gasteiger partial charge on any atom is 0.237 e. The van der Waals surface area contributed by atoms with Gasteiger partial charge in [-0.25, -0.2) is 0 Å². The molecule has 0 aliphatic heterocycles. The minimum Gasteiger partial charge on any atom is -0.362 e. The van der Waals surface area contributed by atoms with E-state index in [-0.39, 0.29) is 0 Å². The van der Waals surface area contributed by atoms with Crippen LogP contribution in [0.15, 0.2) is 0 Å². The summed E-state index contributed by atoms with van der Waals surface area (Å²) >= 11 is 0. The van der Waals surface area contributed by atoms with Crippen molar-refractivity contribution in [2.75, 3.05) is 0 Å². The molecule has 0 aromatic carbocycles. The van der Waals surface area contributed by atoms with Crippen molar-refractivity contribution >= 4 is 20.4 Å². The quantitative estimate of drug-likeness (QED) is 0.430. The molecule has 3 rings (SSSR count). The van der Waals surface area contributed by atoms with E-state index >= 15 is 0 Å². The molecule has 0 spiro atoms. The van der Waals surface area contributed by atoms with E-state index in [1.165, 1.54) is 142 Å². The first kappa shape index (κ1) is 26.2. The van der Waals surface area contributed by atoms with Crippen LogP contribution < -0.4 is 5.32 Å². The first-order chi connectivity index (χ1) is 15.7. The summed E-state index contributed by atoms with van der Waals surface area (Å²) in [5.74, 6) is 3.89. The summed E-state index contributed by atoms with van der Waals surface area (Å²) in [6.07, 6.45) is 29.1. The summed E-state index contributed by atoms with van der Waals surface area (Å²) in [5.41, 5.74) is 0. The Kier molecular flexibility index (Phi) is 12.7. The molecule has 0 radical (unpaired) electrons. The van der Waals surface area contributed by atoms with Crippen molar-refractivity contribution in [1.82, 2.24) is 5.32 Å². The van der Waals surface area contributed by atoms with E-state index in [9.17, 15) is 4.79 Å². The lowest BCUT2D eigenvalue weighted by Crippen LogP contribution is -2.41. The standard InChI is InChI=1S/C28H53B2NO/c1-29-25-15-11-7-8-13-23(14-12-18-25)24-19-21-27(22-20-24)31-28(32)30-26-16-9-5-3-2-4-6-10-17-26/h23-27,29-30H,2-22H2,1H3,(H,31,32). The highest BCUT2D eigenvalue weighted by Gasteiger charge is 2.29. The van der Waals surface area contributed by atoms with Gasteiger partial charge in [-0.1, -0.05) is 128 Å². The van der Waals surface area contributed by atoms with E-state index in [1.807, 2.05) is 0 Å². The van der Waals surface area contributed by atoms with Gasteiger partial charge in [-0.15, -0.1) is 0 Å². The minimum absolute atomic E-state index is 0.361. The number of hydrogen-bond donors (Lipinski definition) is 1. The molecule has 3 saturated carbocycles. The van der Waals surface area contributed by atoms with Crippen molar-refractivity contribution in [2.24, 2.45) is 11.8 Å². The fraction of sp³-hybridized carbons (Fsp3) is 0.964. The van der Waals surface area contributed by atoms with Crippen LogP contribution in [0.2, 0.25) is 18.5 Å². The minimum atomic E-state index is 0.361. The molecule has 1 N–H and O–H groups in total. The van der Waals surface area contributed by atoms with Gasteiger partial charge < -0.3 is 5.32 Å². The molecule has 2 atom stereocenters. The third-order valence-corrected chi connectivity index (χ3v) is 9.45. The second-order valence-electron chi connectivity index (χ2n) is 11.9. The maximum atomic E-state index is 12.8. The Morgan fingerprint density at radius 2 is 1.03 bits per heavy atom. The Morgan fingerprint density at radius 3 is 1.69 bits per heavy atom. The fourth-order valence-corrected chi connectivity index (χ4v) is 7.24. The number of carbonyl (C=O) groups is 1. The van der Waals surface area contributed by atoms with Crippen LogP contribution in [0.5, 0.6) is 0 Å². The molecule has 3 aliphatic rings. The third kappa shape index (κ3) is 9.84. The van der Waals surface area contributed by atoms with Gasteiger partial charge in [-0.2, -0.15) is 0 Å². The maximum absolute atomic E-state index is 12.8. The lowest BCUT2D eigenvalue weighted by Gasteiger charge is -2.35. The van der Waals surface area contributed by atoms with Crippen LogP contribution in [0.25, 0.3) is 0 Å². The van der Waals surface area contributed by atoms with Gasteiger partial charge in [0.05, 0.1) is 0 Å². The highest BCUT2D eigenvalue weighted by molar-refractivity contribution is 6.74. The van der Waals surface area contributed by atoms with Crippen LogP contribution in [0.1, 0.15) is 135 Å². The van der Waals surface area contributed by atoms with Gasteiger partial charge in [0, 0.05) is 6.04 Å². The Bertz CT molecular complexity index is 496. The molecule has 0 heterocycles. The zero-order valence-electron chi connectivity index (χ0n) is 21.6. The van der Waals surface area contributed by atoms with Crippen molar-refractivity contribution in [2.45, 2.75) is 159 Å². The van der Waals surface area contributed by atoms with Crippen LogP contribution in [-0.2, 0) is 0 Å². The smallest absolute Gasteiger partial charge is 0.237 e. The van der Waals surface area contributed by atoms with Crippen molar-refractivity contribution in [3.63, 3.8) is 0 Å². The lowest BCUT2D eigenvalue weighted by atomic mass is 9.59. The Labute approximate surface area is 201 Å². The second-order valence-corrected chi connectivity index (χ2v) is 11.9. The van der Waals surface area contributed by atoms with Crippen LogP contribution in [-0.4, -0.2) is 26.4 Å². The number of hydrogen-bond acceptors (Lipinski definition) is 1. The van der Waals surface area contributed by atoms with Crippen molar-refractivity contribution in [3.8, 4) is 0 Å². The van der Waals surface area contributed by atoms with Gasteiger partial charge in [0.1, 0.15) is 7.28 Å². The molecule has 0 bridgehead atoms. The summed E-state index contributed by atoms with van der Waals surface area (Å²) in [6, 6.07) is 0.460. The second kappa shape index (κ2) is 15.5. The first-order valence-corrected chi connectivity index (χ1v) is 15.0. The van der Waals surface area contributed by atoms with Crippen LogP contribution in [0.4, 0.5) is 4.79 Å². The van der Waals surface area contributed by atoms with Crippen LogP contribution in [0, 0.1) is 11.8 Å². The Hall–Kier alpha value is -0.400. The molecule has 0 aromatic heterocycles. The summed E-state index contributed by atoms with van der Waals surface area (Å²) in [5, 5.41) is 3.47. The molecule has 3 fully saturated rings. The average Bonchev–Trinajstić information content (AvgIpc) is 2.81. The molecule has 182 valence electrons. The number of carbonyl (C=O) groups excluding carboxylic acids is 1. The van der Waals surface area contributed by atoms with Gasteiger partial charge in [-0.3, -0.25) is 4.79 Å². The van der Waals surface area contributed by atoms with Gasteiger partial charge in [0.2, 0.25) is 7.28 Å². The predicted molar refractivity (Wildman–Crippen MR) is 144 cm³/mol. The Morgan fingerprint density at radius 1 is 0.562 bits per heavy atom. The molecular weight excluding hydrogens is 388 g/mol. The zero-order chi connectivity index (χ0) is 22.4. The predicted octanol–water partition coefficient (Wildman–Crippen LogP) is 8.03. The molecule has 2 unspecified atom stereocenters. The lowest BCUT2D eigenvalue weighted by molar-refractivity contribution is 0.190. The van der Waals surface area contributed by atoms with Gasteiger partial charge in [0.15, 0.2) is 5.81 Å². The van der Waals surface area contributed by atoms with Gasteiger partial charge in [0.25, 0.3) is 0 Å².